The zero-order valence-corrected chi connectivity index (χ0v) is 16.5. The predicted octanol–water partition coefficient (Wildman–Crippen LogP) is 5.56. The maximum Gasteiger partial charge on any atom is 0.345 e. The molecule has 4 rings (SSSR count). The Morgan fingerprint density at radius 3 is 2.66 bits per heavy atom. The Balaban J connectivity index is 1.57. The van der Waals surface area contributed by atoms with E-state index in [0.29, 0.717) is 21.5 Å². The monoisotopic (exact) mass is 426 g/mol. The summed E-state index contributed by atoms with van der Waals surface area (Å²) in [6, 6.07) is 15.2. The number of thiophene rings is 2. The fraction of sp³-hybridized carbons (Fsp3) is 0.0476. The van der Waals surface area contributed by atoms with Gasteiger partial charge in [0.25, 0.3) is 5.91 Å². The van der Waals surface area contributed by atoms with Crippen LogP contribution in [0.2, 0.25) is 0 Å². The molecule has 0 saturated heterocycles. The van der Waals surface area contributed by atoms with E-state index >= 15 is 0 Å². The quantitative estimate of drug-likeness (QED) is 0.364. The second-order valence-corrected chi connectivity index (χ2v) is 8.38. The Hall–Kier alpha value is -3.23. The number of anilines is 2. The number of carbonyl (C=O) groups excluding carboxylic acids is 1. The number of nitrogen functional groups attached to an aromatic ring is 1. The Bertz CT molecular complexity index is 1220. The van der Waals surface area contributed by atoms with Gasteiger partial charge < -0.3 is 16.2 Å². The van der Waals surface area contributed by atoms with Gasteiger partial charge in [-0.25, -0.2) is 9.18 Å². The van der Waals surface area contributed by atoms with Gasteiger partial charge in [-0.05, 0) is 52.2 Å². The van der Waals surface area contributed by atoms with Gasteiger partial charge in [0.2, 0.25) is 6.17 Å². The number of amides is 1. The summed E-state index contributed by atoms with van der Waals surface area (Å²) in [4.78, 5) is 24.8. The Labute approximate surface area is 173 Å². The number of nitrogens with two attached hydrogens (primary N) is 1. The lowest BCUT2D eigenvalue weighted by molar-refractivity contribution is -0.121. The number of hydrogen-bond donors (Lipinski definition) is 3. The van der Waals surface area contributed by atoms with Crippen molar-refractivity contribution in [2.75, 3.05) is 11.1 Å². The molecule has 1 atom stereocenters. The molecule has 0 aliphatic heterocycles. The second-order valence-electron chi connectivity index (χ2n) is 6.34. The SMILES string of the molecule is Nc1ccc(-c2cccs2)cc1NC(=O)C(F)c1ccc2cc(C(=O)O)sc2c1. The molecule has 0 bridgehead atoms. The number of alkyl halides is 1. The highest BCUT2D eigenvalue weighted by molar-refractivity contribution is 7.20. The minimum atomic E-state index is -1.92. The number of rotatable bonds is 5. The van der Waals surface area contributed by atoms with Gasteiger partial charge in [0.05, 0.1) is 11.4 Å². The number of aromatic carboxylic acids is 1. The van der Waals surface area contributed by atoms with Gasteiger partial charge in [0.1, 0.15) is 4.88 Å². The lowest BCUT2D eigenvalue weighted by Crippen LogP contribution is -2.18. The molecule has 1 unspecified atom stereocenters. The van der Waals surface area contributed by atoms with Crippen LogP contribution in [0.1, 0.15) is 21.4 Å². The number of benzene rings is 2. The highest BCUT2D eigenvalue weighted by atomic mass is 32.1. The summed E-state index contributed by atoms with van der Waals surface area (Å²) in [5.41, 5.74) is 7.66. The largest absolute Gasteiger partial charge is 0.477 e. The average molecular weight is 426 g/mol. The van der Waals surface area contributed by atoms with E-state index in [-0.39, 0.29) is 10.4 Å². The first-order valence-corrected chi connectivity index (χ1v) is 10.3. The summed E-state index contributed by atoms with van der Waals surface area (Å²) in [5.74, 6) is -1.88. The molecule has 0 fully saturated rings. The molecule has 0 spiro atoms. The molecule has 146 valence electrons. The van der Waals surface area contributed by atoms with Crippen LogP contribution in [0.4, 0.5) is 15.8 Å². The number of carbonyl (C=O) groups is 2. The molecule has 2 aromatic heterocycles. The van der Waals surface area contributed by atoms with Gasteiger partial charge >= 0.3 is 5.97 Å². The van der Waals surface area contributed by atoms with Gasteiger partial charge in [0.15, 0.2) is 0 Å². The van der Waals surface area contributed by atoms with E-state index in [1.54, 1.807) is 29.5 Å². The van der Waals surface area contributed by atoms with Crippen molar-refractivity contribution in [1.82, 2.24) is 0 Å². The van der Waals surface area contributed by atoms with E-state index in [0.717, 1.165) is 21.8 Å². The molecule has 8 heteroatoms. The topological polar surface area (TPSA) is 92.4 Å². The van der Waals surface area contributed by atoms with Crippen LogP contribution < -0.4 is 11.1 Å². The normalized spacial score (nSPS) is 12.0. The Morgan fingerprint density at radius 2 is 1.93 bits per heavy atom. The Morgan fingerprint density at radius 1 is 1.10 bits per heavy atom. The summed E-state index contributed by atoms with van der Waals surface area (Å²) in [7, 11) is 0. The number of carboxylic acids is 1. The molecule has 0 aliphatic rings. The third kappa shape index (κ3) is 3.85. The maximum absolute atomic E-state index is 14.9. The minimum Gasteiger partial charge on any atom is -0.477 e. The summed E-state index contributed by atoms with van der Waals surface area (Å²) >= 11 is 2.59. The van der Waals surface area contributed by atoms with Crippen LogP contribution in [0.15, 0.2) is 60.0 Å². The Kier molecular flexibility index (Phi) is 5.04. The minimum absolute atomic E-state index is 0.154. The number of hydrogen-bond acceptors (Lipinski definition) is 5. The van der Waals surface area contributed by atoms with Crippen LogP contribution in [0.25, 0.3) is 20.5 Å². The van der Waals surface area contributed by atoms with Crippen LogP contribution in [0.5, 0.6) is 0 Å². The molecule has 29 heavy (non-hydrogen) atoms. The van der Waals surface area contributed by atoms with Crippen LogP contribution in [-0.2, 0) is 4.79 Å². The highest BCUT2D eigenvalue weighted by Gasteiger charge is 2.22. The van der Waals surface area contributed by atoms with Crippen molar-refractivity contribution in [3.63, 3.8) is 0 Å². The average Bonchev–Trinajstić information content (AvgIpc) is 3.38. The van der Waals surface area contributed by atoms with Gasteiger partial charge in [-0.15, -0.1) is 22.7 Å². The zero-order chi connectivity index (χ0) is 20.5. The molecule has 1 amide bonds. The van der Waals surface area contributed by atoms with E-state index in [1.165, 1.54) is 18.2 Å². The third-order valence-electron chi connectivity index (χ3n) is 4.39. The second kappa shape index (κ2) is 7.65. The van der Waals surface area contributed by atoms with Crippen LogP contribution >= 0.6 is 22.7 Å². The molecular weight excluding hydrogens is 411 g/mol. The first-order chi connectivity index (χ1) is 13.9. The summed E-state index contributed by atoms with van der Waals surface area (Å²) in [6.07, 6.45) is -1.92. The summed E-state index contributed by atoms with van der Waals surface area (Å²) in [6.45, 7) is 0. The molecule has 0 saturated carbocycles. The van der Waals surface area contributed by atoms with E-state index in [4.69, 9.17) is 10.8 Å². The van der Waals surface area contributed by atoms with Crippen molar-refractivity contribution in [3.05, 3.63) is 70.4 Å². The lowest BCUT2D eigenvalue weighted by Gasteiger charge is -2.13. The lowest BCUT2D eigenvalue weighted by atomic mass is 10.1. The predicted molar refractivity (Wildman–Crippen MR) is 115 cm³/mol. The van der Waals surface area contributed by atoms with Crippen molar-refractivity contribution >= 4 is 56.0 Å². The molecule has 2 heterocycles. The molecule has 2 aromatic carbocycles. The van der Waals surface area contributed by atoms with Crippen LogP contribution in [0, 0.1) is 0 Å². The van der Waals surface area contributed by atoms with Crippen molar-refractivity contribution in [2.45, 2.75) is 6.17 Å². The smallest absolute Gasteiger partial charge is 0.345 e. The fourth-order valence-corrected chi connectivity index (χ4v) is 4.59. The number of carboxylic acid groups (broad SMARTS) is 1. The van der Waals surface area contributed by atoms with Gasteiger partial charge in [-0.3, -0.25) is 4.79 Å². The molecule has 0 aliphatic carbocycles. The van der Waals surface area contributed by atoms with Gasteiger partial charge in [0, 0.05) is 9.58 Å². The standard InChI is InChI=1S/C21H15FN2O3S2/c22-19(13-4-3-12-9-18(21(26)27)29-17(12)10-13)20(25)24-15-8-11(5-6-14(15)23)16-2-1-7-28-16/h1-10,19H,23H2,(H,24,25)(H,26,27). The molecule has 4 aromatic rings. The number of fused-ring (bicyclic) bond motifs is 1. The zero-order valence-electron chi connectivity index (χ0n) is 14.9. The number of nitrogens with one attached hydrogen (secondary N) is 1. The highest BCUT2D eigenvalue weighted by Crippen LogP contribution is 2.33. The fourth-order valence-electron chi connectivity index (χ4n) is 2.92. The van der Waals surface area contributed by atoms with Gasteiger partial charge in [-0.1, -0.05) is 24.3 Å². The van der Waals surface area contributed by atoms with Gasteiger partial charge in [-0.2, -0.15) is 0 Å². The number of halogens is 1. The first-order valence-electron chi connectivity index (χ1n) is 8.57. The van der Waals surface area contributed by atoms with E-state index in [2.05, 4.69) is 5.32 Å². The van der Waals surface area contributed by atoms with Crippen molar-refractivity contribution < 1.29 is 19.1 Å². The van der Waals surface area contributed by atoms with Crippen LogP contribution in [-0.4, -0.2) is 17.0 Å². The maximum atomic E-state index is 14.9. The summed E-state index contributed by atoms with van der Waals surface area (Å²) in [5, 5.41) is 14.3. The third-order valence-corrected chi connectivity index (χ3v) is 6.40. The molecule has 4 N–H and O–H groups in total. The molecule has 5 nitrogen and oxygen atoms in total. The van der Waals surface area contributed by atoms with E-state index in [9.17, 15) is 14.0 Å². The van der Waals surface area contributed by atoms with Crippen molar-refractivity contribution in [3.8, 4) is 10.4 Å². The van der Waals surface area contributed by atoms with Crippen molar-refractivity contribution in [2.24, 2.45) is 0 Å². The summed E-state index contributed by atoms with van der Waals surface area (Å²) < 4.78 is 15.5. The van der Waals surface area contributed by atoms with Crippen molar-refractivity contribution in [1.29, 1.82) is 0 Å². The van der Waals surface area contributed by atoms with E-state index < -0.39 is 18.0 Å². The first kappa shape index (κ1) is 19.1. The molecular formula is C21H15FN2O3S2. The molecule has 0 radical (unpaired) electrons. The van der Waals surface area contributed by atoms with E-state index in [1.807, 2.05) is 23.6 Å². The van der Waals surface area contributed by atoms with Crippen LogP contribution in [0.3, 0.4) is 0 Å².